The largest absolute Gasteiger partial charge is 0.338 e. The van der Waals surface area contributed by atoms with Gasteiger partial charge in [0.15, 0.2) is 0 Å². The molecule has 0 unspecified atom stereocenters. The van der Waals surface area contributed by atoms with Gasteiger partial charge in [-0.25, -0.2) is 0 Å². The van der Waals surface area contributed by atoms with Crippen LogP contribution in [-0.2, 0) is 11.3 Å². The number of rotatable bonds is 6. The van der Waals surface area contributed by atoms with Gasteiger partial charge >= 0.3 is 0 Å². The molecule has 1 aromatic heterocycles. The summed E-state index contributed by atoms with van der Waals surface area (Å²) in [6.07, 6.45) is 0. The van der Waals surface area contributed by atoms with Crippen LogP contribution >= 0.6 is 11.3 Å². The van der Waals surface area contributed by atoms with Crippen molar-refractivity contribution in [2.24, 2.45) is 11.7 Å². The van der Waals surface area contributed by atoms with E-state index in [0.717, 1.165) is 5.56 Å². The normalized spacial score (nSPS) is 13.7. The lowest BCUT2D eigenvalue weighted by molar-refractivity contribution is -0.136. The predicted octanol–water partition coefficient (Wildman–Crippen LogP) is 3.43. The van der Waals surface area contributed by atoms with Crippen molar-refractivity contribution < 1.29 is 4.79 Å². The Balaban J connectivity index is 2.06. The van der Waals surface area contributed by atoms with E-state index in [1.165, 1.54) is 4.88 Å². The molecule has 2 rings (SSSR count). The van der Waals surface area contributed by atoms with Crippen LogP contribution in [0.3, 0.4) is 0 Å². The van der Waals surface area contributed by atoms with E-state index in [1.807, 2.05) is 60.5 Å². The van der Waals surface area contributed by atoms with E-state index in [4.69, 9.17) is 5.73 Å². The average Bonchev–Trinajstić information content (AvgIpc) is 3.04. The van der Waals surface area contributed by atoms with Crippen LogP contribution in [0.15, 0.2) is 47.8 Å². The number of nitrogens with two attached hydrogens (primary N) is 1. The molecule has 112 valence electrons. The quantitative estimate of drug-likeness (QED) is 0.888. The third-order valence-electron chi connectivity index (χ3n) is 3.73. The molecule has 2 aromatic rings. The van der Waals surface area contributed by atoms with Crippen molar-refractivity contribution in [1.82, 2.24) is 4.90 Å². The molecule has 2 atom stereocenters. The van der Waals surface area contributed by atoms with Gasteiger partial charge in [0.25, 0.3) is 0 Å². The Morgan fingerprint density at radius 3 is 2.52 bits per heavy atom. The molecule has 1 aromatic carbocycles. The molecule has 0 radical (unpaired) electrons. The number of hydrogen-bond donors (Lipinski definition) is 1. The Morgan fingerprint density at radius 1 is 1.24 bits per heavy atom. The molecule has 0 aliphatic heterocycles. The lowest BCUT2D eigenvalue weighted by atomic mass is 9.94. The molecule has 1 heterocycles. The molecule has 0 fully saturated rings. The highest BCUT2D eigenvalue weighted by molar-refractivity contribution is 7.09. The lowest BCUT2D eigenvalue weighted by Gasteiger charge is -2.27. The molecule has 3 nitrogen and oxygen atoms in total. The van der Waals surface area contributed by atoms with Crippen molar-refractivity contribution in [2.45, 2.75) is 26.4 Å². The van der Waals surface area contributed by atoms with E-state index in [9.17, 15) is 4.79 Å². The van der Waals surface area contributed by atoms with Crippen molar-refractivity contribution >= 4 is 17.2 Å². The first-order valence-electron chi connectivity index (χ1n) is 7.25. The summed E-state index contributed by atoms with van der Waals surface area (Å²) in [5.41, 5.74) is 7.27. The third kappa shape index (κ3) is 3.93. The summed E-state index contributed by atoms with van der Waals surface area (Å²) in [6, 6.07) is 13.6. The monoisotopic (exact) mass is 302 g/mol. The first-order chi connectivity index (χ1) is 10.1. The average molecular weight is 302 g/mol. The van der Waals surface area contributed by atoms with Gasteiger partial charge in [0.05, 0.1) is 12.5 Å². The smallest absolute Gasteiger partial charge is 0.227 e. The molecule has 0 aliphatic rings. The summed E-state index contributed by atoms with van der Waals surface area (Å²) in [7, 11) is 0. The van der Waals surface area contributed by atoms with Crippen LogP contribution in [0.1, 0.15) is 30.3 Å². The fourth-order valence-electron chi connectivity index (χ4n) is 2.34. The third-order valence-corrected chi connectivity index (χ3v) is 4.59. The van der Waals surface area contributed by atoms with Gasteiger partial charge in [-0.1, -0.05) is 43.3 Å². The van der Waals surface area contributed by atoms with Crippen molar-refractivity contribution in [3.05, 3.63) is 58.3 Å². The second kappa shape index (κ2) is 7.38. The zero-order valence-corrected chi connectivity index (χ0v) is 13.3. The second-order valence-electron chi connectivity index (χ2n) is 5.16. The highest BCUT2D eigenvalue weighted by atomic mass is 32.1. The molecule has 4 heteroatoms. The van der Waals surface area contributed by atoms with Crippen LogP contribution in [0.5, 0.6) is 0 Å². The number of benzene rings is 1. The summed E-state index contributed by atoms with van der Waals surface area (Å²) in [5.74, 6) is -0.116. The van der Waals surface area contributed by atoms with E-state index in [0.29, 0.717) is 13.1 Å². The summed E-state index contributed by atoms with van der Waals surface area (Å²) >= 11 is 1.68. The lowest BCUT2D eigenvalue weighted by Crippen LogP contribution is -2.38. The van der Waals surface area contributed by atoms with Gasteiger partial charge in [0.1, 0.15) is 0 Å². The minimum atomic E-state index is -0.268. The van der Waals surface area contributed by atoms with Gasteiger partial charge in [0.2, 0.25) is 5.91 Å². The summed E-state index contributed by atoms with van der Waals surface area (Å²) in [4.78, 5) is 15.7. The van der Waals surface area contributed by atoms with Crippen LogP contribution < -0.4 is 5.73 Å². The molecule has 0 spiro atoms. The van der Waals surface area contributed by atoms with E-state index in [2.05, 4.69) is 6.07 Å². The van der Waals surface area contributed by atoms with Crippen LogP contribution in [0.4, 0.5) is 0 Å². The SMILES string of the molecule is CCN(Cc1cccs1)C(=O)[C@H](C)[C@H](N)c1ccccc1. The highest BCUT2D eigenvalue weighted by Gasteiger charge is 2.26. The zero-order chi connectivity index (χ0) is 15.2. The maximum Gasteiger partial charge on any atom is 0.227 e. The molecule has 1 amide bonds. The Kier molecular flexibility index (Phi) is 5.53. The molecule has 0 saturated carbocycles. The van der Waals surface area contributed by atoms with Crippen LogP contribution in [-0.4, -0.2) is 17.4 Å². The van der Waals surface area contributed by atoms with Crippen LogP contribution in [0.2, 0.25) is 0 Å². The van der Waals surface area contributed by atoms with E-state index in [1.54, 1.807) is 11.3 Å². The van der Waals surface area contributed by atoms with Gasteiger partial charge in [-0.3, -0.25) is 4.79 Å². The minimum Gasteiger partial charge on any atom is -0.338 e. The maximum absolute atomic E-state index is 12.7. The zero-order valence-electron chi connectivity index (χ0n) is 12.5. The number of carbonyl (C=O) groups excluding carboxylic acids is 1. The molecule has 2 N–H and O–H groups in total. The molecule has 21 heavy (non-hydrogen) atoms. The number of amides is 1. The van der Waals surface area contributed by atoms with Gasteiger partial charge in [0, 0.05) is 17.5 Å². The molecule has 0 aliphatic carbocycles. The summed E-state index contributed by atoms with van der Waals surface area (Å²) < 4.78 is 0. The van der Waals surface area contributed by atoms with Gasteiger partial charge in [-0.15, -0.1) is 11.3 Å². The highest BCUT2D eigenvalue weighted by Crippen LogP contribution is 2.22. The Bertz CT molecular complexity index is 553. The van der Waals surface area contributed by atoms with Crippen molar-refractivity contribution in [3.63, 3.8) is 0 Å². The van der Waals surface area contributed by atoms with Crippen LogP contribution in [0, 0.1) is 5.92 Å². The maximum atomic E-state index is 12.7. The fraction of sp³-hybridized carbons (Fsp3) is 0.353. The molecular formula is C17H22N2OS. The second-order valence-corrected chi connectivity index (χ2v) is 6.19. The number of carbonyl (C=O) groups is 1. The standard InChI is InChI=1S/C17H22N2OS/c1-3-19(12-15-10-7-11-21-15)17(20)13(2)16(18)14-8-5-4-6-9-14/h4-11,13,16H,3,12,18H2,1-2H3/t13-,16+/m1/s1. The number of nitrogens with zero attached hydrogens (tertiary/aromatic N) is 1. The van der Waals surface area contributed by atoms with E-state index >= 15 is 0 Å². The molecular weight excluding hydrogens is 280 g/mol. The number of thiophene rings is 1. The summed E-state index contributed by atoms with van der Waals surface area (Å²) in [5, 5.41) is 2.03. The predicted molar refractivity (Wildman–Crippen MR) is 87.9 cm³/mol. The van der Waals surface area contributed by atoms with Crippen molar-refractivity contribution in [2.75, 3.05) is 6.54 Å². The Hall–Kier alpha value is -1.65. The van der Waals surface area contributed by atoms with E-state index in [-0.39, 0.29) is 17.9 Å². The van der Waals surface area contributed by atoms with E-state index < -0.39 is 0 Å². The molecule has 0 saturated heterocycles. The topological polar surface area (TPSA) is 46.3 Å². The van der Waals surface area contributed by atoms with Gasteiger partial charge < -0.3 is 10.6 Å². The van der Waals surface area contributed by atoms with Gasteiger partial charge in [-0.2, -0.15) is 0 Å². The Morgan fingerprint density at radius 2 is 1.95 bits per heavy atom. The minimum absolute atomic E-state index is 0.113. The van der Waals surface area contributed by atoms with Crippen LogP contribution in [0.25, 0.3) is 0 Å². The van der Waals surface area contributed by atoms with Gasteiger partial charge in [-0.05, 0) is 23.9 Å². The van der Waals surface area contributed by atoms with Crippen molar-refractivity contribution in [3.8, 4) is 0 Å². The summed E-state index contributed by atoms with van der Waals surface area (Å²) in [6.45, 7) is 5.28. The fourth-order valence-corrected chi connectivity index (χ4v) is 3.06. The Labute approximate surface area is 130 Å². The first-order valence-corrected chi connectivity index (χ1v) is 8.13. The van der Waals surface area contributed by atoms with Crippen molar-refractivity contribution in [1.29, 1.82) is 0 Å². The number of hydrogen-bond acceptors (Lipinski definition) is 3. The first kappa shape index (κ1) is 15.7. The molecule has 0 bridgehead atoms.